The van der Waals surface area contributed by atoms with E-state index in [1.165, 1.54) is 16.3 Å². The second-order valence-corrected chi connectivity index (χ2v) is 12.0. The van der Waals surface area contributed by atoms with Crippen LogP contribution >= 0.6 is 0 Å². The molecule has 0 aliphatic carbocycles. The van der Waals surface area contributed by atoms with Crippen LogP contribution in [0.3, 0.4) is 0 Å². The van der Waals surface area contributed by atoms with Crippen LogP contribution in [0.25, 0.3) is 77.2 Å². The number of rotatable bonds is 4. The fraction of sp³-hybridized carbons (Fsp3) is 0. The van der Waals surface area contributed by atoms with Gasteiger partial charge in [-0.3, -0.25) is 0 Å². The number of nitriles is 2. The average Bonchev–Trinajstić information content (AvgIpc) is 3.67. The maximum atomic E-state index is 10.5. The van der Waals surface area contributed by atoms with Crippen LogP contribution in [0, 0.1) is 22.7 Å². The maximum absolute atomic E-state index is 10.5. The quantitative estimate of drug-likeness (QED) is 0.199. The molecule has 0 amide bonds. The number of para-hydroxylation sites is 3. The number of benzene rings is 7. The normalized spacial score (nSPS) is 11.3. The molecule has 0 bridgehead atoms. The van der Waals surface area contributed by atoms with Gasteiger partial charge in [-0.2, -0.15) is 10.5 Å². The molecule has 0 fully saturated rings. The summed E-state index contributed by atoms with van der Waals surface area (Å²) in [5.74, 6) is 0. The number of hydrogen-bond acceptors (Lipinski definition) is 2. The van der Waals surface area contributed by atoms with Crippen LogP contribution in [0.5, 0.6) is 0 Å². The molecule has 4 nitrogen and oxygen atoms in total. The van der Waals surface area contributed by atoms with Gasteiger partial charge in [0, 0.05) is 32.8 Å². The van der Waals surface area contributed by atoms with E-state index in [0.29, 0.717) is 16.8 Å². The highest BCUT2D eigenvalue weighted by atomic mass is 15.0. The van der Waals surface area contributed by atoms with Gasteiger partial charge in [-0.05, 0) is 71.3 Å². The highest BCUT2D eigenvalue weighted by molar-refractivity contribution is 6.17. The third kappa shape index (κ3) is 4.07. The van der Waals surface area contributed by atoms with Gasteiger partial charge in [0.05, 0.1) is 45.0 Å². The van der Waals surface area contributed by atoms with Crippen LogP contribution in [0.4, 0.5) is 0 Å². The minimum atomic E-state index is 0.510. The molecule has 9 aromatic rings. The van der Waals surface area contributed by atoms with Gasteiger partial charge in [0.15, 0.2) is 0 Å². The molecule has 9 rings (SSSR count). The number of aromatic nitrogens is 2. The first-order valence-corrected chi connectivity index (χ1v) is 15.9. The van der Waals surface area contributed by atoms with E-state index in [9.17, 15) is 10.5 Å². The van der Waals surface area contributed by atoms with Gasteiger partial charge < -0.3 is 9.13 Å². The first-order chi connectivity index (χ1) is 23.7. The second-order valence-electron chi connectivity index (χ2n) is 12.0. The van der Waals surface area contributed by atoms with E-state index in [1.54, 1.807) is 0 Å². The zero-order valence-corrected chi connectivity index (χ0v) is 25.8. The van der Waals surface area contributed by atoms with Crippen molar-refractivity contribution in [1.29, 1.82) is 10.5 Å². The summed E-state index contributed by atoms with van der Waals surface area (Å²) >= 11 is 0. The average molecular weight is 611 g/mol. The minimum absolute atomic E-state index is 0.510. The first kappa shape index (κ1) is 27.4. The molecule has 4 heteroatoms. The van der Waals surface area contributed by atoms with Crippen molar-refractivity contribution in [1.82, 2.24) is 9.13 Å². The third-order valence-electron chi connectivity index (χ3n) is 9.40. The van der Waals surface area contributed by atoms with Crippen molar-refractivity contribution in [2.75, 3.05) is 0 Å². The topological polar surface area (TPSA) is 57.4 Å². The van der Waals surface area contributed by atoms with Crippen molar-refractivity contribution in [2.45, 2.75) is 0 Å². The molecule has 0 atom stereocenters. The van der Waals surface area contributed by atoms with Crippen molar-refractivity contribution in [3.05, 3.63) is 169 Å². The number of hydrogen-bond donors (Lipinski definition) is 0. The molecule has 0 saturated carbocycles. The molecule has 0 aliphatic rings. The number of fused-ring (bicyclic) bond motifs is 6. The van der Waals surface area contributed by atoms with Crippen LogP contribution in [0.1, 0.15) is 11.1 Å². The lowest BCUT2D eigenvalue weighted by Crippen LogP contribution is -2.00. The summed E-state index contributed by atoms with van der Waals surface area (Å²) in [5, 5.41) is 25.3. The Morgan fingerprint density at radius 1 is 0.396 bits per heavy atom. The lowest BCUT2D eigenvalue weighted by atomic mass is 9.96. The van der Waals surface area contributed by atoms with E-state index in [1.807, 2.05) is 54.6 Å². The molecule has 0 unspecified atom stereocenters. The zero-order chi connectivity index (χ0) is 32.2. The lowest BCUT2D eigenvalue weighted by Gasteiger charge is -2.14. The van der Waals surface area contributed by atoms with Crippen molar-refractivity contribution in [3.63, 3.8) is 0 Å². The molecule has 0 saturated heterocycles. The Morgan fingerprint density at radius 2 is 1.02 bits per heavy atom. The van der Waals surface area contributed by atoms with Crippen LogP contribution in [0.2, 0.25) is 0 Å². The van der Waals surface area contributed by atoms with Gasteiger partial charge in [-0.1, -0.05) is 103 Å². The smallest absolute Gasteiger partial charge is 0.101 e. The van der Waals surface area contributed by atoms with Crippen molar-refractivity contribution in [2.24, 2.45) is 0 Å². The molecule has 48 heavy (non-hydrogen) atoms. The molecular formula is C44H26N4. The molecule has 2 aromatic heterocycles. The molecule has 222 valence electrons. The minimum Gasteiger partial charge on any atom is -0.309 e. The van der Waals surface area contributed by atoms with Gasteiger partial charge in [0.25, 0.3) is 0 Å². The Hall–Kier alpha value is -6.88. The standard InChI is InChI=1S/C44H26N4/c45-27-31-26-43(32(28-46)25-37(31)29-12-3-1-4-13-29)48-40-20-10-8-17-36(40)44-34(18-11-21-42(44)48)30-22-23-41-38(24-30)35-16-7-9-19-39(35)47(41)33-14-5-2-6-15-33/h1-26H. The van der Waals surface area contributed by atoms with E-state index < -0.39 is 0 Å². The van der Waals surface area contributed by atoms with Gasteiger partial charge >= 0.3 is 0 Å². The van der Waals surface area contributed by atoms with Crippen LogP contribution < -0.4 is 0 Å². The predicted octanol–water partition coefficient (Wildman–Crippen LogP) is 11.0. The molecule has 0 spiro atoms. The Bertz CT molecular complexity index is 2790. The van der Waals surface area contributed by atoms with Crippen LogP contribution in [-0.2, 0) is 0 Å². The summed E-state index contributed by atoms with van der Waals surface area (Å²) in [4.78, 5) is 0. The highest BCUT2D eigenvalue weighted by Crippen LogP contribution is 2.42. The van der Waals surface area contributed by atoms with E-state index in [-0.39, 0.29) is 0 Å². The van der Waals surface area contributed by atoms with Crippen molar-refractivity contribution < 1.29 is 0 Å². The SMILES string of the molecule is N#Cc1cc(-n2c3ccccc3c3c(-c4ccc5c(c4)c4ccccc4n5-c4ccccc4)cccc32)c(C#N)cc1-c1ccccc1. The highest BCUT2D eigenvalue weighted by Gasteiger charge is 2.21. The summed E-state index contributed by atoms with van der Waals surface area (Å²) in [5.41, 5.74) is 11.0. The van der Waals surface area contributed by atoms with Gasteiger partial charge in [0.2, 0.25) is 0 Å². The molecule has 0 radical (unpaired) electrons. The van der Waals surface area contributed by atoms with E-state index in [0.717, 1.165) is 55.3 Å². The van der Waals surface area contributed by atoms with Crippen molar-refractivity contribution >= 4 is 43.6 Å². The Kier molecular flexibility index (Phi) is 6.22. The largest absolute Gasteiger partial charge is 0.309 e. The lowest BCUT2D eigenvalue weighted by molar-refractivity contribution is 1.16. The molecule has 2 heterocycles. The fourth-order valence-corrected chi connectivity index (χ4v) is 7.33. The van der Waals surface area contributed by atoms with E-state index >= 15 is 0 Å². The number of nitrogens with zero attached hydrogens (tertiary/aromatic N) is 4. The van der Waals surface area contributed by atoms with Gasteiger partial charge in [0.1, 0.15) is 6.07 Å². The fourth-order valence-electron chi connectivity index (χ4n) is 7.33. The zero-order valence-electron chi connectivity index (χ0n) is 25.8. The molecule has 0 N–H and O–H groups in total. The molecule has 7 aromatic carbocycles. The summed E-state index contributed by atoms with van der Waals surface area (Å²) < 4.78 is 4.47. The van der Waals surface area contributed by atoms with Gasteiger partial charge in [-0.15, -0.1) is 0 Å². The summed E-state index contributed by atoms with van der Waals surface area (Å²) in [7, 11) is 0. The maximum Gasteiger partial charge on any atom is 0.101 e. The summed E-state index contributed by atoms with van der Waals surface area (Å²) in [6, 6.07) is 58.9. The van der Waals surface area contributed by atoms with Crippen LogP contribution in [-0.4, -0.2) is 9.13 Å². The predicted molar refractivity (Wildman–Crippen MR) is 195 cm³/mol. The Labute approximate surface area is 277 Å². The molecule has 0 aliphatic heterocycles. The van der Waals surface area contributed by atoms with Crippen molar-refractivity contribution in [3.8, 4) is 45.8 Å². The summed E-state index contributed by atoms with van der Waals surface area (Å²) in [6.45, 7) is 0. The van der Waals surface area contributed by atoms with Crippen LogP contribution in [0.15, 0.2) is 158 Å². The Balaban J connectivity index is 1.31. The first-order valence-electron chi connectivity index (χ1n) is 15.9. The second kappa shape index (κ2) is 10.9. The third-order valence-corrected chi connectivity index (χ3v) is 9.40. The monoisotopic (exact) mass is 610 g/mol. The summed E-state index contributed by atoms with van der Waals surface area (Å²) in [6.07, 6.45) is 0. The Morgan fingerprint density at radius 3 is 1.77 bits per heavy atom. The van der Waals surface area contributed by atoms with E-state index in [4.69, 9.17) is 0 Å². The van der Waals surface area contributed by atoms with Gasteiger partial charge in [-0.25, -0.2) is 0 Å². The van der Waals surface area contributed by atoms with E-state index in [2.05, 4.69) is 124 Å². The molecular weight excluding hydrogens is 585 g/mol.